The zero-order valence-electron chi connectivity index (χ0n) is 12.3. The third kappa shape index (κ3) is 4.52. The highest BCUT2D eigenvalue weighted by Crippen LogP contribution is 2.22. The van der Waals surface area contributed by atoms with Gasteiger partial charge in [0.1, 0.15) is 0 Å². The molecule has 110 valence electrons. The van der Waals surface area contributed by atoms with Gasteiger partial charge in [0.2, 0.25) is 5.91 Å². The molecule has 0 bridgehead atoms. The van der Waals surface area contributed by atoms with Crippen LogP contribution in [-0.2, 0) is 11.2 Å². The number of hydrogen-bond donors (Lipinski definition) is 0. The van der Waals surface area contributed by atoms with E-state index in [0.717, 1.165) is 17.9 Å². The van der Waals surface area contributed by atoms with Crippen LogP contribution in [0.2, 0.25) is 5.02 Å². The number of hydrogen-bond acceptors (Lipinski definition) is 1. The van der Waals surface area contributed by atoms with Gasteiger partial charge in [-0.3, -0.25) is 4.79 Å². The maximum Gasteiger partial charge on any atom is 0.222 e. The third-order valence-electron chi connectivity index (χ3n) is 4.29. The van der Waals surface area contributed by atoms with Crippen molar-refractivity contribution in [3.63, 3.8) is 0 Å². The van der Waals surface area contributed by atoms with E-state index in [-0.39, 0.29) is 0 Å². The topological polar surface area (TPSA) is 20.3 Å². The summed E-state index contributed by atoms with van der Waals surface area (Å²) >= 11 is 5.86. The fourth-order valence-electron chi connectivity index (χ4n) is 2.94. The van der Waals surface area contributed by atoms with Crippen molar-refractivity contribution in [3.8, 4) is 0 Å². The standard InChI is InChI=1S/C17H24ClNO/c1-19(16-7-3-2-4-8-16)17(20)9-5-6-14-10-12-15(18)13-11-14/h10-13,16H,2-9H2,1H3. The van der Waals surface area contributed by atoms with Crippen LogP contribution in [0.15, 0.2) is 24.3 Å². The maximum atomic E-state index is 12.2. The summed E-state index contributed by atoms with van der Waals surface area (Å²) in [4.78, 5) is 14.2. The molecule has 1 aliphatic rings. The summed E-state index contributed by atoms with van der Waals surface area (Å²) in [6.45, 7) is 0. The minimum atomic E-state index is 0.297. The van der Waals surface area contributed by atoms with Gasteiger partial charge in [-0.05, 0) is 43.4 Å². The Kier molecular flexibility index (Phi) is 5.90. The van der Waals surface area contributed by atoms with E-state index >= 15 is 0 Å². The average Bonchev–Trinajstić information content (AvgIpc) is 2.49. The number of halogens is 1. The van der Waals surface area contributed by atoms with Crippen molar-refractivity contribution >= 4 is 17.5 Å². The second-order valence-electron chi connectivity index (χ2n) is 5.78. The van der Waals surface area contributed by atoms with E-state index in [9.17, 15) is 4.79 Å². The molecule has 1 saturated carbocycles. The molecule has 1 amide bonds. The second kappa shape index (κ2) is 7.68. The van der Waals surface area contributed by atoms with E-state index in [1.54, 1.807) is 0 Å². The van der Waals surface area contributed by atoms with E-state index < -0.39 is 0 Å². The van der Waals surface area contributed by atoms with Crippen LogP contribution in [0.1, 0.15) is 50.5 Å². The molecule has 1 aromatic rings. The molecule has 0 saturated heterocycles. The van der Waals surface area contributed by atoms with Crippen LogP contribution in [-0.4, -0.2) is 23.9 Å². The third-order valence-corrected chi connectivity index (χ3v) is 4.54. The first kappa shape index (κ1) is 15.4. The first-order valence-corrected chi connectivity index (χ1v) is 8.05. The van der Waals surface area contributed by atoms with Gasteiger partial charge in [-0.1, -0.05) is 43.0 Å². The minimum Gasteiger partial charge on any atom is -0.343 e. The average molecular weight is 294 g/mol. The van der Waals surface area contributed by atoms with Gasteiger partial charge in [-0.2, -0.15) is 0 Å². The van der Waals surface area contributed by atoms with Crippen LogP contribution in [0.3, 0.4) is 0 Å². The van der Waals surface area contributed by atoms with E-state index in [0.29, 0.717) is 18.4 Å². The second-order valence-corrected chi connectivity index (χ2v) is 6.21. The van der Waals surface area contributed by atoms with Crippen molar-refractivity contribution in [1.29, 1.82) is 0 Å². The first-order chi connectivity index (χ1) is 9.66. The summed E-state index contributed by atoms with van der Waals surface area (Å²) in [5.41, 5.74) is 1.25. The Bertz CT molecular complexity index is 423. The Morgan fingerprint density at radius 3 is 2.50 bits per heavy atom. The number of benzene rings is 1. The van der Waals surface area contributed by atoms with E-state index in [1.807, 2.05) is 36.2 Å². The number of carbonyl (C=O) groups excluding carboxylic acids is 1. The van der Waals surface area contributed by atoms with Gasteiger partial charge in [-0.25, -0.2) is 0 Å². The summed E-state index contributed by atoms with van der Waals surface area (Å²) in [6, 6.07) is 8.38. The van der Waals surface area contributed by atoms with Gasteiger partial charge in [-0.15, -0.1) is 0 Å². The number of carbonyl (C=O) groups is 1. The molecule has 0 radical (unpaired) electrons. The number of aryl methyl sites for hydroxylation is 1. The summed E-state index contributed by atoms with van der Waals surface area (Å²) < 4.78 is 0. The van der Waals surface area contributed by atoms with Gasteiger partial charge >= 0.3 is 0 Å². The number of nitrogens with zero attached hydrogens (tertiary/aromatic N) is 1. The van der Waals surface area contributed by atoms with Crippen LogP contribution in [0.4, 0.5) is 0 Å². The monoisotopic (exact) mass is 293 g/mol. The largest absolute Gasteiger partial charge is 0.343 e. The van der Waals surface area contributed by atoms with E-state index in [1.165, 1.54) is 37.7 Å². The van der Waals surface area contributed by atoms with E-state index in [2.05, 4.69) is 0 Å². The quantitative estimate of drug-likeness (QED) is 0.785. The highest BCUT2D eigenvalue weighted by Gasteiger charge is 2.21. The van der Waals surface area contributed by atoms with Crippen LogP contribution in [0.5, 0.6) is 0 Å². The molecule has 3 heteroatoms. The molecule has 0 unspecified atom stereocenters. The maximum absolute atomic E-state index is 12.2. The van der Waals surface area contributed by atoms with Crippen LogP contribution >= 0.6 is 11.6 Å². The van der Waals surface area contributed by atoms with Gasteiger partial charge < -0.3 is 4.90 Å². The Labute approximate surface area is 127 Å². The van der Waals surface area contributed by atoms with Gasteiger partial charge in [0.15, 0.2) is 0 Å². The molecular formula is C17H24ClNO. The summed E-state index contributed by atoms with van der Waals surface area (Å²) in [5, 5.41) is 0.766. The summed E-state index contributed by atoms with van der Waals surface area (Å²) in [7, 11) is 1.97. The summed E-state index contributed by atoms with van der Waals surface area (Å²) in [5.74, 6) is 0.297. The molecule has 20 heavy (non-hydrogen) atoms. The fourth-order valence-corrected chi connectivity index (χ4v) is 3.07. The lowest BCUT2D eigenvalue weighted by Crippen LogP contribution is -2.38. The molecule has 2 rings (SSSR count). The Morgan fingerprint density at radius 2 is 1.85 bits per heavy atom. The highest BCUT2D eigenvalue weighted by atomic mass is 35.5. The first-order valence-electron chi connectivity index (χ1n) is 7.67. The SMILES string of the molecule is CN(C(=O)CCCc1ccc(Cl)cc1)C1CCCCC1. The predicted molar refractivity (Wildman–Crippen MR) is 84.0 cm³/mol. The number of amides is 1. The molecule has 0 aliphatic heterocycles. The predicted octanol–water partition coefficient (Wildman–Crippen LogP) is 4.45. The molecule has 1 aliphatic carbocycles. The zero-order chi connectivity index (χ0) is 14.4. The van der Waals surface area contributed by atoms with Crippen molar-refractivity contribution in [2.24, 2.45) is 0 Å². The lowest BCUT2D eigenvalue weighted by Gasteiger charge is -2.31. The van der Waals surface area contributed by atoms with Gasteiger partial charge in [0.25, 0.3) is 0 Å². The molecular weight excluding hydrogens is 270 g/mol. The van der Waals surface area contributed by atoms with Crippen LogP contribution in [0, 0.1) is 0 Å². The molecule has 0 spiro atoms. The highest BCUT2D eigenvalue weighted by molar-refractivity contribution is 6.30. The number of rotatable bonds is 5. The summed E-state index contributed by atoms with van der Waals surface area (Å²) in [6.07, 6.45) is 8.74. The van der Waals surface area contributed by atoms with Crippen LogP contribution in [0.25, 0.3) is 0 Å². The lowest BCUT2D eigenvalue weighted by atomic mass is 9.94. The zero-order valence-corrected chi connectivity index (χ0v) is 13.0. The molecule has 0 N–H and O–H groups in total. The van der Waals surface area contributed by atoms with Crippen molar-refractivity contribution < 1.29 is 4.79 Å². The van der Waals surface area contributed by atoms with Crippen LogP contribution < -0.4 is 0 Å². The van der Waals surface area contributed by atoms with Crippen molar-refractivity contribution in [2.45, 2.75) is 57.4 Å². The Balaban J connectivity index is 1.72. The van der Waals surface area contributed by atoms with Gasteiger partial charge in [0.05, 0.1) is 0 Å². The molecule has 2 nitrogen and oxygen atoms in total. The van der Waals surface area contributed by atoms with Crippen molar-refractivity contribution in [1.82, 2.24) is 4.90 Å². The molecule has 0 atom stereocenters. The smallest absolute Gasteiger partial charge is 0.222 e. The Morgan fingerprint density at radius 1 is 1.20 bits per heavy atom. The Hall–Kier alpha value is -1.02. The minimum absolute atomic E-state index is 0.297. The molecule has 0 heterocycles. The molecule has 0 aromatic heterocycles. The molecule has 1 fully saturated rings. The van der Waals surface area contributed by atoms with Crippen molar-refractivity contribution in [2.75, 3.05) is 7.05 Å². The van der Waals surface area contributed by atoms with E-state index in [4.69, 9.17) is 11.6 Å². The lowest BCUT2D eigenvalue weighted by molar-refractivity contribution is -0.132. The van der Waals surface area contributed by atoms with Gasteiger partial charge in [0, 0.05) is 24.5 Å². The molecule has 1 aromatic carbocycles. The van der Waals surface area contributed by atoms with Crippen molar-refractivity contribution in [3.05, 3.63) is 34.9 Å². The fraction of sp³-hybridized carbons (Fsp3) is 0.588. The normalized spacial score (nSPS) is 16.1.